The van der Waals surface area contributed by atoms with E-state index in [0.717, 1.165) is 0 Å². The molecular weight excluding hydrogens is 202 g/mol. The molecule has 0 spiro atoms. The van der Waals surface area contributed by atoms with Crippen LogP contribution < -0.4 is 5.56 Å². The maximum Gasteiger partial charge on any atom is 0.285 e. The molecule has 5 heteroatoms. The molecular formula is C10H8F2N2O. The third-order valence-corrected chi connectivity index (χ3v) is 2.21. The molecule has 1 aromatic carbocycles. The van der Waals surface area contributed by atoms with Crippen LogP contribution in [-0.4, -0.2) is 9.55 Å². The molecule has 0 aliphatic heterocycles. The average molecular weight is 210 g/mol. The highest BCUT2D eigenvalue weighted by Crippen LogP contribution is 2.15. The fourth-order valence-corrected chi connectivity index (χ4v) is 1.44. The quantitative estimate of drug-likeness (QED) is 0.720. The fourth-order valence-electron chi connectivity index (χ4n) is 1.44. The smallest absolute Gasteiger partial charge is 0.285 e. The second kappa shape index (κ2) is 3.42. The Balaban J connectivity index is 2.89. The Morgan fingerprint density at radius 3 is 2.67 bits per heavy atom. The molecule has 0 radical (unpaired) electrons. The van der Waals surface area contributed by atoms with E-state index in [1.54, 1.807) is 24.3 Å². The highest BCUT2D eigenvalue weighted by molar-refractivity contribution is 5.74. The number of fused-ring (bicyclic) bond motifs is 1. The number of rotatable bonds is 1. The number of hydrogen-bond donors (Lipinski definition) is 0. The zero-order valence-electron chi connectivity index (χ0n) is 7.95. The number of para-hydroxylation sites is 2. The van der Waals surface area contributed by atoms with Crippen molar-refractivity contribution in [3.63, 3.8) is 0 Å². The van der Waals surface area contributed by atoms with Crippen LogP contribution in [0.3, 0.4) is 0 Å². The number of alkyl halides is 2. The van der Waals surface area contributed by atoms with Crippen molar-refractivity contribution in [3.05, 3.63) is 40.3 Å². The van der Waals surface area contributed by atoms with Gasteiger partial charge in [0.2, 0.25) is 0 Å². The Morgan fingerprint density at radius 1 is 1.33 bits per heavy atom. The van der Waals surface area contributed by atoms with Crippen molar-refractivity contribution in [2.24, 2.45) is 7.05 Å². The first-order valence-electron chi connectivity index (χ1n) is 4.35. The van der Waals surface area contributed by atoms with Crippen molar-refractivity contribution in [1.29, 1.82) is 0 Å². The lowest BCUT2D eigenvalue weighted by molar-refractivity contribution is 0.144. The highest BCUT2D eigenvalue weighted by Gasteiger charge is 2.16. The predicted octanol–water partition coefficient (Wildman–Crippen LogP) is 1.87. The lowest BCUT2D eigenvalue weighted by Gasteiger charge is -2.06. The minimum atomic E-state index is -2.84. The molecule has 0 saturated heterocycles. The van der Waals surface area contributed by atoms with Gasteiger partial charge in [0.1, 0.15) is 0 Å². The van der Waals surface area contributed by atoms with E-state index in [1.807, 2.05) is 0 Å². The molecule has 15 heavy (non-hydrogen) atoms. The summed E-state index contributed by atoms with van der Waals surface area (Å²) in [5.41, 5.74) is -0.498. The van der Waals surface area contributed by atoms with Crippen LogP contribution >= 0.6 is 0 Å². The van der Waals surface area contributed by atoms with Gasteiger partial charge >= 0.3 is 0 Å². The monoisotopic (exact) mass is 210 g/mol. The van der Waals surface area contributed by atoms with E-state index in [-0.39, 0.29) is 0 Å². The number of hydrogen-bond acceptors (Lipinski definition) is 2. The van der Waals surface area contributed by atoms with Gasteiger partial charge < -0.3 is 4.57 Å². The van der Waals surface area contributed by atoms with Crippen molar-refractivity contribution < 1.29 is 8.78 Å². The van der Waals surface area contributed by atoms with Crippen LogP contribution in [0.15, 0.2) is 29.1 Å². The average Bonchev–Trinajstić information content (AvgIpc) is 2.23. The van der Waals surface area contributed by atoms with Crippen LogP contribution in [0.4, 0.5) is 8.78 Å². The molecule has 3 nitrogen and oxygen atoms in total. The summed E-state index contributed by atoms with van der Waals surface area (Å²) in [5.74, 6) is 0. The summed E-state index contributed by atoms with van der Waals surface area (Å²) in [5, 5.41) is 0. The molecule has 1 aromatic heterocycles. The molecule has 0 N–H and O–H groups in total. The third kappa shape index (κ3) is 1.49. The van der Waals surface area contributed by atoms with Crippen LogP contribution in [0, 0.1) is 0 Å². The Morgan fingerprint density at radius 2 is 2.00 bits per heavy atom. The number of benzene rings is 1. The molecule has 0 bridgehead atoms. The molecule has 0 amide bonds. The Kier molecular flexibility index (Phi) is 2.22. The SMILES string of the molecule is Cn1c(=O)c(C(F)F)nc2ccccc21. The molecule has 0 saturated carbocycles. The fraction of sp³-hybridized carbons (Fsp3) is 0.200. The van der Waals surface area contributed by atoms with Gasteiger partial charge in [0.05, 0.1) is 11.0 Å². The van der Waals surface area contributed by atoms with Gasteiger partial charge in [0.15, 0.2) is 5.69 Å². The third-order valence-electron chi connectivity index (χ3n) is 2.21. The van der Waals surface area contributed by atoms with E-state index < -0.39 is 17.7 Å². The van der Waals surface area contributed by atoms with E-state index in [2.05, 4.69) is 4.98 Å². The van der Waals surface area contributed by atoms with Gasteiger partial charge in [0, 0.05) is 7.05 Å². The van der Waals surface area contributed by atoms with E-state index in [1.165, 1.54) is 11.6 Å². The summed E-state index contributed by atoms with van der Waals surface area (Å²) in [6, 6.07) is 6.68. The van der Waals surface area contributed by atoms with Gasteiger partial charge in [-0.05, 0) is 12.1 Å². The standard InChI is InChI=1S/C10H8F2N2O/c1-14-7-5-3-2-4-6(7)13-8(9(11)12)10(14)15/h2-5,9H,1H3. The van der Waals surface area contributed by atoms with Crippen LogP contribution in [0.2, 0.25) is 0 Å². The first-order valence-corrected chi connectivity index (χ1v) is 4.35. The van der Waals surface area contributed by atoms with Crippen molar-refractivity contribution >= 4 is 11.0 Å². The minimum absolute atomic E-state index is 0.398. The summed E-state index contributed by atoms with van der Waals surface area (Å²) >= 11 is 0. The normalized spacial score (nSPS) is 11.2. The first-order chi connectivity index (χ1) is 7.11. The van der Waals surface area contributed by atoms with Crippen molar-refractivity contribution in [3.8, 4) is 0 Å². The topological polar surface area (TPSA) is 34.9 Å². The van der Waals surface area contributed by atoms with E-state index >= 15 is 0 Å². The van der Waals surface area contributed by atoms with Gasteiger partial charge in [-0.15, -0.1) is 0 Å². The zero-order valence-corrected chi connectivity index (χ0v) is 7.95. The minimum Gasteiger partial charge on any atom is -0.308 e. The maximum atomic E-state index is 12.5. The van der Waals surface area contributed by atoms with Gasteiger partial charge in [-0.3, -0.25) is 4.79 Å². The molecule has 0 aliphatic carbocycles. The van der Waals surface area contributed by atoms with Crippen molar-refractivity contribution in [2.75, 3.05) is 0 Å². The van der Waals surface area contributed by atoms with E-state index in [9.17, 15) is 13.6 Å². The lowest BCUT2D eigenvalue weighted by atomic mass is 10.3. The van der Waals surface area contributed by atoms with Crippen LogP contribution in [-0.2, 0) is 7.05 Å². The van der Waals surface area contributed by atoms with E-state index in [0.29, 0.717) is 11.0 Å². The van der Waals surface area contributed by atoms with Crippen molar-refractivity contribution in [1.82, 2.24) is 9.55 Å². The Labute approximate surface area is 84.0 Å². The molecule has 0 aliphatic rings. The largest absolute Gasteiger partial charge is 0.308 e. The second-order valence-corrected chi connectivity index (χ2v) is 3.15. The highest BCUT2D eigenvalue weighted by atomic mass is 19.3. The number of halogens is 2. The molecule has 78 valence electrons. The maximum absolute atomic E-state index is 12.5. The van der Waals surface area contributed by atoms with Crippen LogP contribution in [0.5, 0.6) is 0 Å². The van der Waals surface area contributed by atoms with Gasteiger partial charge in [-0.25, -0.2) is 13.8 Å². The van der Waals surface area contributed by atoms with Crippen LogP contribution in [0.25, 0.3) is 11.0 Å². The first kappa shape index (κ1) is 9.76. The molecule has 1 heterocycles. The second-order valence-electron chi connectivity index (χ2n) is 3.15. The van der Waals surface area contributed by atoms with Gasteiger partial charge in [-0.1, -0.05) is 12.1 Å². The molecule has 0 fully saturated rings. The summed E-state index contributed by atoms with van der Waals surface area (Å²) in [6.45, 7) is 0. The Hall–Kier alpha value is -1.78. The zero-order chi connectivity index (χ0) is 11.0. The molecule has 0 atom stereocenters. The lowest BCUT2D eigenvalue weighted by Crippen LogP contribution is -2.23. The molecule has 2 aromatic rings. The molecule has 2 rings (SSSR count). The van der Waals surface area contributed by atoms with Crippen molar-refractivity contribution in [2.45, 2.75) is 6.43 Å². The number of nitrogens with zero attached hydrogens (tertiary/aromatic N) is 2. The van der Waals surface area contributed by atoms with Crippen LogP contribution in [0.1, 0.15) is 12.1 Å². The number of aryl methyl sites for hydroxylation is 1. The summed E-state index contributed by atoms with van der Waals surface area (Å²) in [7, 11) is 1.46. The Bertz CT molecular complexity index is 563. The summed E-state index contributed by atoms with van der Waals surface area (Å²) in [6.07, 6.45) is -2.84. The molecule has 0 unspecified atom stereocenters. The predicted molar refractivity (Wildman–Crippen MR) is 51.9 cm³/mol. The number of aromatic nitrogens is 2. The summed E-state index contributed by atoms with van der Waals surface area (Å²) in [4.78, 5) is 15.1. The van der Waals surface area contributed by atoms with Gasteiger partial charge in [0.25, 0.3) is 12.0 Å². The summed E-state index contributed by atoms with van der Waals surface area (Å²) < 4.78 is 26.1. The van der Waals surface area contributed by atoms with E-state index in [4.69, 9.17) is 0 Å². The van der Waals surface area contributed by atoms with Gasteiger partial charge in [-0.2, -0.15) is 0 Å².